The van der Waals surface area contributed by atoms with Gasteiger partial charge < -0.3 is 20.1 Å². The third kappa shape index (κ3) is 10.2. The lowest BCUT2D eigenvalue weighted by Gasteiger charge is -2.30. The summed E-state index contributed by atoms with van der Waals surface area (Å²) in [6.45, 7) is 8.73. The Labute approximate surface area is 213 Å². The summed E-state index contributed by atoms with van der Waals surface area (Å²) in [4.78, 5) is 49.5. The average molecular weight is 535 g/mol. The van der Waals surface area contributed by atoms with Gasteiger partial charge in [0.2, 0.25) is 11.8 Å². The molecule has 1 aromatic carbocycles. The Morgan fingerprint density at radius 1 is 1.11 bits per heavy atom. The standard InChI is InChI=1S/C24H33F3N2O6S/c1-7-35-21(32)18(13-34-12-16-9-8-10-17(11-16)24(25,26)27)28-22(33)23(5,6)29-20(31)19(14(2)3)36-15(4)30/h8-11,14,18-19H,7,12-13H2,1-6H3,(H,28,33)(H,29,31)/t18-,19+/m1/s1. The molecular formula is C24H33F3N2O6S. The molecule has 2 amide bonds. The maximum absolute atomic E-state index is 12.9. The Kier molecular flexibility index (Phi) is 11.9. The number of hydrogen-bond donors (Lipinski definition) is 2. The molecule has 0 aromatic heterocycles. The Hall–Kier alpha value is -2.60. The van der Waals surface area contributed by atoms with Crippen LogP contribution >= 0.6 is 11.8 Å². The molecule has 0 bridgehead atoms. The summed E-state index contributed by atoms with van der Waals surface area (Å²) in [5, 5.41) is 4.11. The van der Waals surface area contributed by atoms with E-state index in [1.165, 1.54) is 32.9 Å². The van der Waals surface area contributed by atoms with Crippen molar-refractivity contribution in [3.8, 4) is 0 Å². The number of ether oxygens (including phenoxy) is 2. The first kappa shape index (κ1) is 31.4. The van der Waals surface area contributed by atoms with E-state index < -0.39 is 46.4 Å². The highest BCUT2D eigenvalue weighted by Gasteiger charge is 2.36. The van der Waals surface area contributed by atoms with Gasteiger partial charge in [-0.15, -0.1) is 0 Å². The van der Waals surface area contributed by atoms with E-state index in [4.69, 9.17) is 9.47 Å². The molecule has 12 heteroatoms. The SMILES string of the molecule is CCOC(=O)[C@@H](COCc1cccc(C(F)(F)F)c1)NC(=O)C(C)(C)NC(=O)[C@@H](SC(C)=O)C(C)C. The molecule has 0 saturated heterocycles. The van der Waals surface area contributed by atoms with Gasteiger partial charge in [0.25, 0.3) is 0 Å². The highest BCUT2D eigenvalue weighted by Crippen LogP contribution is 2.29. The second-order valence-electron chi connectivity index (χ2n) is 8.88. The number of carbonyl (C=O) groups excluding carboxylic acids is 4. The third-order valence-corrected chi connectivity index (χ3v) is 6.19. The molecule has 36 heavy (non-hydrogen) atoms. The number of halogens is 3. The van der Waals surface area contributed by atoms with E-state index in [-0.39, 0.29) is 36.4 Å². The molecule has 1 aromatic rings. The number of esters is 1. The summed E-state index contributed by atoms with van der Waals surface area (Å²) in [7, 11) is 0. The van der Waals surface area contributed by atoms with Gasteiger partial charge in [0.1, 0.15) is 5.54 Å². The minimum absolute atomic E-state index is 0.0251. The fraction of sp³-hybridized carbons (Fsp3) is 0.583. The molecule has 0 saturated carbocycles. The normalized spacial score (nSPS) is 13.6. The van der Waals surface area contributed by atoms with E-state index in [1.807, 2.05) is 0 Å². The van der Waals surface area contributed by atoms with Crippen LogP contribution in [0.1, 0.15) is 52.7 Å². The zero-order chi connectivity index (χ0) is 27.7. The molecule has 202 valence electrons. The van der Waals surface area contributed by atoms with Crippen molar-refractivity contribution in [3.63, 3.8) is 0 Å². The lowest BCUT2D eigenvalue weighted by atomic mass is 10.0. The number of rotatable bonds is 12. The molecule has 8 nitrogen and oxygen atoms in total. The topological polar surface area (TPSA) is 111 Å². The quantitative estimate of drug-likeness (QED) is 0.395. The molecule has 0 heterocycles. The van der Waals surface area contributed by atoms with Crippen molar-refractivity contribution in [1.82, 2.24) is 10.6 Å². The predicted molar refractivity (Wildman–Crippen MR) is 129 cm³/mol. The van der Waals surface area contributed by atoms with Crippen molar-refractivity contribution >= 4 is 34.7 Å². The van der Waals surface area contributed by atoms with Crippen LogP contribution in [-0.4, -0.2) is 52.9 Å². The summed E-state index contributed by atoms with van der Waals surface area (Å²) in [5.41, 5.74) is -2.07. The van der Waals surface area contributed by atoms with E-state index >= 15 is 0 Å². The Bertz CT molecular complexity index is 937. The number of carbonyl (C=O) groups is 4. The van der Waals surface area contributed by atoms with Crippen molar-refractivity contribution < 1.29 is 41.8 Å². The highest BCUT2D eigenvalue weighted by atomic mass is 32.2. The second-order valence-corrected chi connectivity index (χ2v) is 10.2. The Morgan fingerprint density at radius 3 is 2.28 bits per heavy atom. The highest BCUT2D eigenvalue weighted by molar-refractivity contribution is 8.14. The Balaban J connectivity index is 2.88. The summed E-state index contributed by atoms with van der Waals surface area (Å²) in [6, 6.07) is 3.27. The largest absolute Gasteiger partial charge is 0.464 e. The van der Waals surface area contributed by atoms with Crippen molar-refractivity contribution in [2.75, 3.05) is 13.2 Å². The molecule has 0 aliphatic heterocycles. The van der Waals surface area contributed by atoms with Gasteiger partial charge in [0, 0.05) is 6.92 Å². The molecule has 0 radical (unpaired) electrons. The van der Waals surface area contributed by atoms with Crippen molar-refractivity contribution in [2.24, 2.45) is 5.92 Å². The van der Waals surface area contributed by atoms with Crippen LogP contribution in [0, 0.1) is 5.92 Å². The molecule has 0 spiro atoms. The summed E-state index contributed by atoms with van der Waals surface area (Å²) in [6.07, 6.45) is -4.51. The summed E-state index contributed by atoms with van der Waals surface area (Å²) in [5.74, 6) is -2.22. The molecule has 0 aliphatic rings. The number of thioether (sulfide) groups is 1. The zero-order valence-corrected chi connectivity index (χ0v) is 22.0. The van der Waals surface area contributed by atoms with Crippen molar-refractivity contribution in [1.29, 1.82) is 0 Å². The number of amides is 2. The summed E-state index contributed by atoms with van der Waals surface area (Å²) < 4.78 is 49.1. The molecule has 0 unspecified atom stereocenters. The van der Waals surface area contributed by atoms with Crippen LogP contribution in [0.2, 0.25) is 0 Å². The average Bonchev–Trinajstić information content (AvgIpc) is 2.75. The van der Waals surface area contributed by atoms with Crippen LogP contribution < -0.4 is 10.6 Å². The first-order valence-corrected chi connectivity index (χ1v) is 12.2. The molecule has 0 fully saturated rings. The van der Waals surface area contributed by atoms with Crippen LogP contribution in [-0.2, 0) is 41.4 Å². The van der Waals surface area contributed by atoms with Crippen molar-refractivity contribution in [2.45, 2.75) is 71.2 Å². The lowest BCUT2D eigenvalue weighted by Crippen LogP contribution is -2.60. The summed E-state index contributed by atoms with van der Waals surface area (Å²) >= 11 is 0.858. The fourth-order valence-electron chi connectivity index (χ4n) is 2.99. The van der Waals surface area contributed by atoms with E-state index in [9.17, 15) is 32.3 Å². The van der Waals surface area contributed by atoms with Gasteiger partial charge in [-0.25, -0.2) is 4.79 Å². The molecule has 1 rings (SSSR count). The van der Waals surface area contributed by atoms with Gasteiger partial charge in [-0.2, -0.15) is 13.2 Å². The molecule has 0 aliphatic carbocycles. The van der Waals surface area contributed by atoms with Gasteiger partial charge in [-0.05, 0) is 44.4 Å². The first-order chi connectivity index (χ1) is 16.6. The fourth-order valence-corrected chi connectivity index (χ4v) is 3.78. The van der Waals surface area contributed by atoms with Crippen LogP contribution in [0.15, 0.2) is 24.3 Å². The number of nitrogens with one attached hydrogen (secondary N) is 2. The second kappa shape index (κ2) is 13.6. The number of hydrogen-bond acceptors (Lipinski definition) is 7. The van der Waals surface area contributed by atoms with Crippen LogP contribution in [0.4, 0.5) is 13.2 Å². The van der Waals surface area contributed by atoms with E-state index in [2.05, 4.69) is 10.6 Å². The molecular weight excluding hydrogens is 501 g/mol. The number of alkyl halides is 3. The number of benzene rings is 1. The molecule has 2 atom stereocenters. The predicted octanol–water partition coefficient (Wildman–Crippen LogP) is 3.47. The van der Waals surface area contributed by atoms with E-state index in [0.29, 0.717) is 0 Å². The monoisotopic (exact) mass is 534 g/mol. The van der Waals surface area contributed by atoms with Gasteiger partial charge in [-0.1, -0.05) is 37.7 Å². The van der Waals surface area contributed by atoms with Crippen LogP contribution in [0.25, 0.3) is 0 Å². The van der Waals surface area contributed by atoms with Gasteiger partial charge in [-0.3, -0.25) is 14.4 Å². The molecule has 2 N–H and O–H groups in total. The Morgan fingerprint density at radius 2 is 1.75 bits per heavy atom. The van der Waals surface area contributed by atoms with Crippen LogP contribution in [0.5, 0.6) is 0 Å². The first-order valence-electron chi connectivity index (χ1n) is 11.3. The minimum Gasteiger partial charge on any atom is -0.464 e. The van der Waals surface area contributed by atoms with Gasteiger partial charge in [0.15, 0.2) is 11.2 Å². The smallest absolute Gasteiger partial charge is 0.416 e. The maximum Gasteiger partial charge on any atom is 0.416 e. The minimum atomic E-state index is -4.51. The maximum atomic E-state index is 12.9. The van der Waals surface area contributed by atoms with E-state index in [1.54, 1.807) is 20.8 Å². The van der Waals surface area contributed by atoms with E-state index in [0.717, 1.165) is 23.9 Å². The van der Waals surface area contributed by atoms with Gasteiger partial charge >= 0.3 is 12.1 Å². The zero-order valence-electron chi connectivity index (χ0n) is 21.2. The van der Waals surface area contributed by atoms with Gasteiger partial charge in [0.05, 0.1) is 30.6 Å². The van der Waals surface area contributed by atoms with Crippen molar-refractivity contribution in [3.05, 3.63) is 35.4 Å². The third-order valence-electron chi connectivity index (χ3n) is 4.84. The lowest BCUT2D eigenvalue weighted by molar-refractivity contribution is -0.150. The van der Waals surface area contributed by atoms with Crippen LogP contribution in [0.3, 0.4) is 0 Å².